The molecule has 2 rings (SSSR count). The molecule has 0 aliphatic heterocycles. The fourth-order valence-corrected chi connectivity index (χ4v) is 1.76. The lowest BCUT2D eigenvalue weighted by molar-refractivity contribution is -0.387. The molecule has 1 heterocycles. The third-order valence-corrected chi connectivity index (χ3v) is 3.10. The molecule has 110 valence electrons. The van der Waals surface area contributed by atoms with E-state index in [0.717, 1.165) is 12.1 Å². The number of halogens is 2. The standard InChI is InChI=1S/C13H11ClFN3O3/c1-3-11-16-12(14)7(2)13(17-11)21-8-4-5-10(18(19)20)9(15)6-8/h4-6H,3H2,1-2H3. The number of hydrogen-bond acceptors (Lipinski definition) is 5. The molecule has 1 aromatic heterocycles. The molecule has 21 heavy (non-hydrogen) atoms. The fourth-order valence-electron chi connectivity index (χ4n) is 1.58. The van der Waals surface area contributed by atoms with E-state index in [1.165, 1.54) is 6.07 Å². The predicted molar refractivity (Wildman–Crippen MR) is 74.3 cm³/mol. The second-order valence-corrected chi connectivity index (χ2v) is 4.54. The highest BCUT2D eigenvalue weighted by atomic mass is 35.5. The van der Waals surface area contributed by atoms with E-state index in [0.29, 0.717) is 17.8 Å². The minimum Gasteiger partial charge on any atom is -0.438 e. The molecule has 0 N–H and O–H groups in total. The van der Waals surface area contributed by atoms with Gasteiger partial charge in [-0.1, -0.05) is 18.5 Å². The Labute approximate surface area is 124 Å². The van der Waals surface area contributed by atoms with Gasteiger partial charge in [-0.3, -0.25) is 10.1 Å². The van der Waals surface area contributed by atoms with Crippen LogP contribution in [0, 0.1) is 22.9 Å². The fraction of sp³-hybridized carbons (Fsp3) is 0.231. The van der Waals surface area contributed by atoms with E-state index in [-0.39, 0.29) is 16.8 Å². The smallest absolute Gasteiger partial charge is 0.305 e. The maximum absolute atomic E-state index is 13.5. The highest BCUT2D eigenvalue weighted by molar-refractivity contribution is 6.30. The number of aromatic nitrogens is 2. The van der Waals surface area contributed by atoms with Crippen molar-refractivity contribution in [3.63, 3.8) is 0 Å². The molecule has 1 aromatic carbocycles. The molecule has 0 aliphatic rings. The number of aryl methyl sites for hydroxylation is 1. The molecular weight excluding hydrogens is 301 g/mol. The average Bonchev–Trinajstić information content (AvgIpc) is 2.43. The Kier molecular flexibility index (Phi) is 4.32. The van der Waals surface area contributed by atoms with E-state index in [4.69, 9.17) is 16.3 Å². The van der Waals surface area contributed by atoms with E-state index < -0.39 is 16.4 Å². The Morgan fingerprint density at radius 2 is 2.14 bits per heavy atom. The maximum Gasteiger partial charge on any atom is 0.305 e. The van der Waals surface area contributed by atoms with Crippen molar-refractivity contribution < 1.29 is 14.1 Å². The molecule has 0 bridgehead atoms. The number of rotatable bonds is 4. The Hall–Kier alpha value is -2.28. The van der Waals surface area contributed by atoms with Crippen molar-refractivity contribution >= 4 is 17.3 Å². The predicted octanol–water partition coefficient (Wildman–Crippen LogP) is 3.84. The highest BCUT2D eigenvalue weighted by Crippen LogP contribution is 2.29. The van der Waals surface area contributed by atoms with Gasteiger partial charge in [0.05, 0.1) is 4.92 Å². The first-order valence-corrected chi connectivity index (χ1v) is 6.45. The van der Waals surface area contributed by atoms with Crippen molar-refractivity contribution in [2.24, 2.45) is 0 Å². The van der Waals surface area contributed by atoms with Crippen molar-refractivity contribution in [1.82, 2.24) is 9.97 Å². The van der Waals surface area contributed by atoms with Gasteiger partial charge in [-0.2, -0.15) is 9.37 Å². The molecule has 0 saturated heterocycles. The van der Waals surface area contributed by atoms with Crippen LogP contribution in [0.2, 0.25) is 5.15 Å². The molecule has 6 nitrogen and oxygen atoms in total. The second kappa shape index (κ2) is 6.01. The monoisotopic (exact) mass is 311 g/mol. The first kappa shape index (κ1) is 15.1. The van der Waals surface area contributed by atoms with Gasteiger partial charge in [-0.15, -0.1) is 0 Å². The van der Waals surface area contributed by atoms with Crippen molar-refractivity contribution in [2.45, 2.75) is 20.3 Å². The van der Waals surface area contributed by atoms with Gasteiger partial charge in [0.1, 0.15) is 16.7 Å². The summed E-state index contributed by atoms with van der Waals surface area (Å²) in [6, 6.07) is 3.25. The van der Waals surface area contributed by atoms with Gasteiger partial charge in [0.2, 0.25) is 11.7 Å². The van der Waals surface area contributed by atoms with Gasteiger partial charge in [-0.25, -0.2) is 4.98 Å². The number of benzene rings is 1. The Bertz CT molecular complexity index is 709. The van der Waals surface area contributed by atoms with Crippen LogP contribution in [-0.2, 0) is 6.42 Å². The van der Waals surface area contributed by atoms with Crippen LogP contribution in [0.5, 0.6) is 11.6 Å². The average molecular weight is 312 g/mol. The van der Waals surface area contributed by atoms with Gasteiger partial charge >= 0.3 is 5.69 Å². The van der Waals surface area contributed by atoms with Gasteiger partial charge in [0.25, 0.3) is 0 Å². The minimum absolute atomic E-state index is 0.0954. The zero-order valence-corrected chi connectivity index (χ0v) is 12.0. The van der Waals surface area contributed by atoms with E-state index in [2.05, 4.69) is 9.97 Å². The summed E-state index contributed by atoms with van der Waals surface area (Å²) in [6.45, 7) is 3.52. The van der Waals surface area contributed by atoms with E-state index in [9.17, 15) is 14.5 Å². The Morgan fingerprint density at radius 1 is 1.43 bits per heavy atom. The van der Waals surface area contributed by atoms with Crippen LogP contribution in [0.3, 0.4) is 0 Å². The van der Waals surface area contributed by atoms with Gasteiger partial charge in [0.15, 0.2) is 0 Å². The second-order valence-electron chi connectivity index (χ2n) is 4.19. The van der Waals surface area contributed by atoms with Gasteiger partial charge in [-0.05, 0) is 13.0 Å². The number of nitro groups is 1. The topological polar surface area (TPSA) is 78.2 Å². The summed E-state index contributed by atoms with van der Waals surface area (Å²) in [5.74, 6) is -0.202. The number of ether oxygens (including phenoxy) is 1. The summed E-state index contributed by atoms with van der Waals surface area (Å²) >= 11 is 5.97. The highest BCUT2D eigenvalue weighted by Gasteiger charge is 2.16. The third-order valence-electron chi connectivity index (χ3n) is 2.73. The first-order chi connectivity index (χ1) is 9.92. The molecule has 8 heteroatoms. The molecular formula is C13H11ClFN3O3. The van der Waals surface area contributed by atoms with E-state index in [1.807, 2.05) is 6.92 Å². The lowest BCUT2D eigenvalue weighted by atomic mass is 10.3. The molecule has 0 fully saturated rings. The SMILES string of the molecule is CCc1nc(Cl)c(C)c(Oc2ccc([N+](=O)[O-])c(F)c2)n1. The molecule has 0 radical (unpaired) electrons. The minimum atomic E-state index is -0.981. The molecule has 0 aliphatic carbocycles. The van der Waals surface area contributed by atoms with Crippen LogP contribution in [0.1, 0.15) is 18.3 Å². The summed E-state index contributed by atoms with van der Waals surface area (Å²) in [5.41, 5.74) is -0.110. The van der Waals surface area contributed by atoms with Crippen molar-refractivity contribution in [3.8, 4) is 11.6 Å². The molecule has 0 spiro atoms. The number of nitrogens with zero attached hydrogens (tertiary/aromatic N) is 3. The van der Waals surface area contributed by atoms with E-state index >= 15 is 0 Å². The summed E-state index contributed by atoms with van der Waals surface area (Å²) in [6.07, 6.45) is 0.560. The third kappa shape index (κ3) is 3.25. The van der Waals surface area contributed by atoms with Crippen molar-refractivity contribution in [1.29, 1.82) is 0 Å². The molecule has 0 amide bonds. The van der Waals surface area contributed by atoms with Crippen LogP contribution < -0.4 is 4.74 Å². The molecule has 0 saturated carbocycles. The van der Waals surface area contributed by atoms with Crippen molar-refractivity contribution in [2.75, 3.05) is 0 Å². The zero-order chi connectivity index (χ0) is 15.6. The zero-order valence-electron chi connectivity index (χ0n) is 11.3. The quantitative estimate of drug-likeness (QED) is 0.487. The molecule has 2 aromatic rings. The van der Waals surface area contributed by atoms with Crippen LogP contribution in [0.4, 0.5) is 10.1 Å². The van der Waals surface area contributed by atoms with Crippen LogP contribution in [-0.4, -0.2) is 14.9 Å². The van der Waals surface area contributed by atoms with E-state index in [1.54, 1.807) is 6.92 Å². The first-order valence-electron chi connectivity index (χ1n) is 6.07. The largest absolute Gasteiger partial charge is 0.438 e. The maximum atomic E-state index is 13.5. The molecule has 0 atom stereocenters. The number of hydrogen-bond donors (Lipinski definition) is 0. The van der Waals surface area contributed by atoms with Crippen molar-refractivity contribution in [3.05, 3.63) is 50.7 Å². The summed E-state index contributed by atoms with van der Waals surface area (Å²) in [7, 11) is 0. The number of nitro benzene ring substituents is 1. The van der Waals surface area contributed by atoms with Crippen LogP contribution in [0.25, 0.3) is 0 Å². The summed E-state index contributed by atoms with van der Waals surface area (Å²) in [5, 5.41) is 10.8. The lowest BCUT2D eigenvalue weighted by Crippen LogP contribution is -2.00. The van der Waals surface area contributed by atoms with Gasteiger partial charge in [0, 0.05) is 24.1 Å². The Morgan fingerprint density at radius 3 is 2.71 bits per heavy atom. The Balaban J connectivity index is 2.36. The molecule has 0 unspecified atom stereocenters. The summed E-state index contributed by atoms with van der Waals surface area (Å²) < 4.78 is 19.0. The summed E-state index contributed by atoms with van der Waals surface area (Å²) in [4.78, 5) is 18.0. The van der Waals surface area contributed by atoms with Gasteiger partial charge < -0.3 is 4.74 Å². The van der Waals surface area contributed by atoms with Crippen LogP contribution in [0.15, 0.2) is 18.2 Å². The lowest BCUT2D eigenvalue weighted by Gasteiger charge is -2.10. The van der Waals surface area contributed by atoms with Crippen LogP contribution >= 0.6 is 11.6 Å². The normalized spacial score (nSPS) is 10.5.